The molecule has 2 aromatic heterocycles. The molecule has 0 radical (unpaired) electrons. The third-order valence-corrected chi connectivity index (χ3v) is 9.58. The Kier molecular flexibility index (Phi) is 6.79. The molecule has 6 rings (SSSR count). The van der Waals surface area contributed by atoms with Gasteiger partial charge in [0.05, 0.1) is 27.9 Å². The molecule has 4 aromatic rings. The highest BCUT2D eigenvalue weighted by atomic mass is 35.5. The molecule has 1 fully saturated rings. The van der Waals surface area contributed by atoms with Gasteiger partial charge in [-0.05, 0) is 98.0 Å². The van der Waals surface area contributed by atoms with E-state index in [0.717, 1.165) is 28.9 Å². The Morgan fingerprint density at radius 2 is 1.90 bits per heavy atom. The second-order valence-electron chi connectivity index (χ2n) is 10.1. The van der Waals surface area contributed by atoms with Crippen molar-refractivity contribution in [2.24, 2.45) is 5.41 Å². The zero-order valence-electron chi connectivity index (χ0n) is 21.3. The molecule has 3 unspecified atom stereocenters. The fourth-order valence-corrected chi connectivity index (χ4v) is 7.06. The van der Waals surface area contributed by atoms with E-state index >= 15 is 0 Å². The fourth-order valence-electron chi connectivity index (χ4n) is 5.78. The maximum absolute atomic E-state index is 14.2. The van der Waals surface area contributed by atoms with Gasteiger partial charge < -0.3 is 0 Å². The Labute approximate surface area is 233 Å². The number of pyridine rings is 1. The van der Waals surface area contributed by atoms with E-state index in [-0.39, 0.29) is 17.6 Å². The first-order chi connectivity index (χ1) is 18.9. The number of hydrogen-bond acceptors (Lipinski definition) is 4. The summed E-state index contributed by atoms with van der Waals surface area (Å²) in [5, 5.41) is 5.19. The molecule has 6 nitrogen and oxygen atoms in total. The van der Waals surface area contributed by atoms with Crippen LogP contribution in [0.5, 0.6) is 0 Å². The van der Waals surface area contributed by atoms with Gasteiger partial charge >= 0.3 is 0 Å². The SMILES string of the molecule is CN(C1CCC2=Cc3c(cnn3-c3ccc(F)cc3)CC2(C(=O)c2ccccn2)C1)S(=O)c1ccc(Cl)cc1. The van der Waals surface area contributed by atoms with Gasteiger partial charge in [0.1, 0.15) is 22.5 Å². The summed E-state index contributed by atoms with van der Waals surface area (Å²) in [6.07, 6.45) is 7.88. The molecule has 1 saturated carbocycles. The Bertz CT molecular complexity index is 1590. The molecule has 0 aliphatic heterocycles. The number of benzene rings is 2. The van der Waals surface area contributed by atoms with Gasteiger partial charge in [-0.1, -0.05) is 23.2 Å². The number of carbonyl (C=O) groups excluding carboxylic acids is 1. The van der Waals surface area contributed by atoms with E-state index in [4.69, 9.17) is 11.6 Å². The van der Waals surface area contributed by atoms with Crippen LogP contribution in [-0.2, 0) is 17.4 Å². The minimum atomic E-state index is -1.41. The number of halogens is 2. The van der Waals surface area contributed by atoms with E-state index in [1.165, 1.54) is 12.1 Å². The Balaban J connectivity index is 1.38. The van der Waals surface area contributed by atoms with Crippen molar-refractivity contribution in [1.82, 2.24) is 19.1 Å². The summed E-state index contributed by atoms with van der Waals surface area (Å²) in [7, 11) is 0.442. The van der Waals surface area contributed by atoms with Crippen LogP contribution >= 0.6 is 11.6 Å². The molecule has 2 aliphatic rings. The molecule has 2 heterocycles. The predicted octanol–water partition coefficient (Wildman–Crippen LogP) is 6.08. The summed E-state index contributed by atoms with van der Waals surface area (Å²) in [6, 6.07) is 18.5. The van der Waals surface area contributed by atoms with Gasteiger partial charge in [-0.2, -0.15) is 5.10 Å². The van der Waals surface area contributed by atoms with E-state index in [0.29, 0.717) is 34.9 Å². The van der Waals surface area contributed by atoms with E-state index in [1.807, 2.05) is 17.4 Å². The number of allylic oxidation sites excluding steroid dienone is 1. The number of Topliss-reactive ketones (excluding diaryl/α,β-unsaturated/α-hetero) is 1. The average molecular weight is 561 g/mol. The number of hydrogen-bond donors (Lipinski definition) is 0. The molecule has 198 valence electrons. The van der Waals surface area contributed by atoms with Crippen LogP contribution in [0.2, 0.25) is 5.02 Å². The van der Waals surface area contributed by atoms with Crippen molar-refractivity contribution in [3.05, 3.63) is 112 Å². The first-order valence-electron chi connectivity index (χ1n) is 12.8. The number of ketones is 1. The lowest BCUT2D eigenvalue weighted by atomic mass is 9.60. The summed E-state index contributed by atoms with van der Waals surface area (Å²) < 4.78 is 30.7. The number of aromatic nitrogens is 3. The number of nitrogens with zero attached hydrogens (tertiary/aromatic N) is 4. The highest BCUT2D eigenvalue weighted by Crippen LogP contribution is 2.51. The van der Waals surface area contributed by atoms with Gasteiger partial charge in [0.25, 0.3) is 0 Å². The monoisotopic (exact) mass is 560 g/mol. The smallest absolute Gasteiger partial charge is 0.191 e. The van der Waals surface area contributed by atoms with E-state index in [2.05, 4.69) is 16.2 Å². The molecule has 0 saturated heterocycles. The van der Waals surface area contributed by atoms with E-state index in [9.17, 15) is 13.4 Å². The molecule has 39 heavy (non-hydrogen) atoms. The van der Waals surface area contributed by atoms with E-state index < -0.39 is 16.4 Å². The molecule has 0 amide bonds. The van der Waals surface area contributed by atoms with Crippen molar-refractivity contribution in [3.8, 4) is 5.69 Å². The lowest BCUT2D eigenvalue weighted by Crippen LogP contribution is -2.48. The quantitative estimate of drug-likeness (QED) is 0.268. The zero-order valence-corrected chi connectivity index (χ0v) is 22.8. The minimum Gasteiger partial charge on any atom is -0.291 e. The maximum atomic E-state index is 14.2. The lowest BCUT2D eigenvalue weighted by molar-refractivity contribution is 0.0749. The maximum Gasteiger partial charge on any atom is 0.191 e. The molecular weight excluding hydrogens is 535 g/mol. The fraction of sp³-hybridized carbons (Fsp3) is 0.233. The van der Waals surface area contributed by atoms with Crippen molar-refractivity contribution in [2.45, 2.75) is 36.6 Å². The van der Waals surface area contributed by atoms with Crippen LogP contribution in [0.4, 0.5) is 4.39 Å². The summed E-state index contributed by atoms with van der Waals surface area (Å²) in [6.45, 7) is 0. The van der Waals surface area contributed by atoms with Gasteiger partial charge in [0, 0.05) is 24.3 Å². The van der Waals surface area contributed by atoms with Crippen molar-refractivity contribution < 1.29 is 13.4 Å². The molecule has 9 heteroatoms. The van der Waals surface area contributed by atoms with Crippen LogP contribution in [0.25, 0.3) is 11.8 Å². The third-order valence-electron chi connectivity index (χ3n) is 7.83. The molecule has 0 N–H and O–H groups in total. The first-order valence-corrected chi connectivity index (χ1v) is 14.2. The molecule has 0 bridgehead atoms. The zero-order chi connectivity index (χ0) is 27.1. The van der Waals surface area contributed by atoms with Crippen molar-refractivity contribution >= 4 is 34.4 Å². The highest BCUT2D eigenvalue weighted by Gasteiger charge is 2.50. The second-order valence-corrected chi connectivity index (χ2v) is 12.0. The van der Waals surface area contributed by atoms with Crippen LogP contribution in [0, 0.1) is 11.2 Å². The second kappa shape index (κ2) is 10.3. The summed E-state index contributed by atoms with van der Waals surface area (Å²) in [5.41, 5.74) is 3.20. The summed E-state index contributed by atoms with van der Waals surface area (Å²) in [5.74, 6) is -0.346. The molecule has 3 atom stereocenters. The standard InChI is InChI=1S/C30H26ClFN4O2S/c1-35(39(38)26-13-6-22(31)7-14-26)25-10-5-21-16-28-20(19-34-36(28)24-11-8-23(32)9-12-24)17-30(21,18-25)29(37)27-4-2-3-15-33-27/h2-4,6-9,11-16,19,25H,5,10,17-18H2,1H3. The van der Waals surface area contributed by atoms with Gasteiger partial charge in [-0.25, -0.2) is 17.6 Å². The van der Waals surface area contributed by atoms with Gasteiger partial charge in [0.2, 0.25) is 0 Å². The van der Waals surface area contributed by atoms with Crippen LogP contribution in [0.1, 0.15) is 41.0 Å². The number of carbonyl (C=O) groups is 1. The topological polar surface area (TPSA) is 68.1 Å². The lowest BCUT2D eigenvalue weighted by Gasteiger charge is -2.45. The van der Waals surface area contributed by atoms with E-state index in [1.54, 1.807) is 65.6 Å². The molecule has 2 aliphatic carbocycles. The van der Waals surface area contributed by atoms with Crippen LogP contribution in [-0.4, -0.2) is 42.2 Å². The van der Waals surface area contributed by atoms with Crippen LogP contribution in [0.3, 0.4) is 0 Å². The van der Waals surface area contributed by atoms with Gasteiger partial charge in [0.15, 0.2) is 5.78 Å². The van der Waals surface area contributed by atoms with Crippen molar-refractivity contribution in [3.63, 3.8) is 0 Å². The summed E-state index contributed by atoms with van der Waals surface area (Å²) >= 11 is 6.04. The number of rotatable bonds is 6. The average Bonchev–Trinajstić information content (AvgIpc) is 3.38. The predicted molar refractivity (Wildman–Crippen MR) is 149 cm³/mol. The third kappa shape index (κ3) is 4.67. The Morgan fingerprint density at radius 1 is 1.13 bits per heavy atom. The van der Waals surface area contributed by atoms with Crippen molar-refractivity contribution in [2.75, 3.05) is 7.05 Å². The van der Waals surface area contributed by atoms with Crippen molar-refractivity contribution in [1.29, 1.82) is 0 Å². The number of fused-ring (bicyclic) bond motifs is 2. The van der Waals surface area contributed by atoms with Gasteiger partial charge in [-0.15, -0.1) is 0 Å². The minimum absolute atomic E-state index is 0.0371. The molecule has 2 aromatic carbocycles. The highest BCUT2D eigenvalue weighted by molar-refractivity contribution is 7.82. The Hall–Kier alpha value is -3.46. The van der Waals surface area contributed by atoms with Gasteiger partial charge in [-0.3, -0.25) is 9.78 Å². The molecule has 0 spiro atoms. The normalized spacial score (nSPS) is 21.1. The molecular formula is C30H26ClFN4O2S. The first kappa shape index (κ1) is 25.8. The summed E-state index contributed by atoms with van der Waals surface area (Å²) in [4.78, 5) is 19.3. The van der Waals surface area contributed by atoms with Crippen LogP contribution in [0.15, 0.2) is 89.6 Å². The Morgan fingerprint density at radius 3 is 2.62 bits per heavy atom. The van der Waals surface area contributed by atoms with Crippen LogP contribution < -0.4 is 0 Å². The largest absolute Gasteiger partial charge is 0.291 e.